The van der Waals surface area contributed by atoms with E-state index in [4.69, 9.17) is 5.53 Å². The predicted octanol–water partition coefficient (Wildman–Crippen LogP) is 1.84. The molecule has 42 valence electrons. The van der Waals surface area contributed by atoms with Crippen molar-refractivity contribution in [2.75, 3.05) is 6.54 Å². The first-order chi connectivity index (χ1) is 3.79. The Hall–Kier alpha value is -0.440. The molecule has 0 amide bonds. The van der Waals surface area contributed by atoms with E-state index >= 15 is 0 Å². The summed E-state index contributed by atoms with van der Waals surface area (Å²) in [5.41, 5.74) is 7.08. The molecule has 0 aromatic heterocycles. The van der Waals surface area contributed by atoms with Crippen molar-refractivity contribution < 1.29 is 4.70 Å². The topological polar surface area (TPSA) is 26.9 Å². The standard InChI is InChI=1S/C5H6BrN2/c6-5-2-1-3-8(7)4-5/h1-3,7H,4H2/q+1. The molecule has 0 aromatic carbocycles. The normalized spacial score (nSPS) is 18.6. The van der Waals surface area contributed by atoms with Gasteiger partial charge in [0.15, 0.2) is 6.20 Å². The van der Waals surface area contributed by atoms with Crippen LogP contribution in [0.3, 0.4) is 0 Å². The highest BCUT2D eigenvalue weighted by Gasteiger charge is 2.04. The average molecular weight is 174 g/mol. The van der Waals surface area contributed by atoms with Gasteiger partial charge in [-0.25, -0.2) is 0 Å². The van der Waals surface area contributed by atoms with Crippen LogP contribution < -0.4 is 0 Å². The quantitative estimate of drug-likeness (QED) is 0.542. The van der Waals surface area contributed by atoms with Crippen LogP contribution in [0.15, 0.2) is 22.8 Å². The molecular weight excluding hydrogens is 168 g/mol. The maximum absolute atomic E-state index is 7.08. The third-order valence-corrected chi connectivity index (χ3v) is 1.38. The van der Waals surface area contributed by atoms with Gasteiger partial charge in [0.1, 0.15) is 0 Å². The number of hydrogen-bond acceptors (Lipinski definition) is 1. The molecule has 0 atom stereocenters. The number of allylic oxidation sites excluding steroid dienone is 2. The van der Waals surface area contributed by atoms with Gasteiger partial charge in [0.25, 0.3) is 0 Å². The van der Waals surface area contributed by atoms with Crippen LogP contribution in [0.4, 0.5) is 0 Å². The van der Waals surface area contributed by atoms with Crippen molar-refractivity contribution >= 4 is 15.9 Å². The molecule has 8 heavy (non-hydrogen) atoms. The van der Waals surface area contributed by atoms with Gasteiger partial charge in [-0.05, 0) is 22.0 Å². The van der Waals surface area contributed by atoms with Gasteiger partial charge in [-0.2, -0.15) is 0 Å². The van der Waals surface area contributed by atoms with E-state index in [1.54, 1.807) is 6.20 Å². The summed E-state index contributed by atoms with van der Waals surface area (Å²) in [4.78, 5) is 0. The molecule has 0 fully saturated rings. The summed E-state index contributed by atoms with van der Waals surface area (Å²) in [5, 5.41) is 0. The van der Waals surface area contributed by atoms with E-state index in [1.165, 1.54) is 4.70 Å². The van der Waals surface area contributed by atoms with Gasteiger partial charge >= 0.3 is 0 Å². The summed E-state index contributed by atoms with van der Waals surface area (Å²) in [7, 11) is 0. The molecule has 2 nitrogen and oxygen atoms in total. The van der Waals surface area contributed by atoms with Crippen molar-refractivity contribution in [1.29, 1.82) is 5.53 Å². The minimum Gasteiger partial charge on any atom is -0.0937 e. The molecule has 1 N–H and O–H groups in total. The van der Waals surface area contributed by atoms with Crippen LogP contribution in [0, 0.1) is 5.53 Å². The molecule has 0 unspecified atom stereocenters. The molecule has 1 rings (SSSR count). The summed E-state index contributed by atoms with van der Waals surface area (Å²) in [6.07, 6.45) is 5.48. The Morgan fingerprint density at radius 2 is 2.50 bits per heavy atom. The fourth-order valence-corrected chi connectivity index (χ4v) is 0.942. The van der Waals surface area contributed by atoms with E-state index in [1.807, 2.05) is 12.2 Å². The summed E-state index contributed by atoms with van der Waals surface area (Å²) < 4.78 is 2.42. The van der Waals surface area contributed by atoms with Crippen molar-refractivity contribution in [2.24, 2.45) is 0 Å². The zero-order valence-corrected chi connectivity index (χ0v) is 5.85. The monoisotopic (exact) mass is 173 g/mol. The lowest BCUT2D eigenvalue weighted by Crippen LogP contribution is -2.03. The van der Waals surface area contributed by atoms with Crippen molar-refractivity contribution in [3.8, 4) is 0 Å². The SMILES string of the molecule is N=[N+]1C=CC=C(Br)C1. The summed E-state index contributed by atoms with van der Waals surface area (Å²) >= 11 is 3.28. The molecule has 0 aliphatic carbocycles. The fourth-order valence-electron chi connectivity index (χ4n) is 0.519. The maximum atomic E-state index is 7.08. The summed E-state index contributed by atoms with van der Waals surface area (Å²) in [6.45, 7) is 0.663. The Labute approximate surface area is 56.1 Å². The number of nitrogens with zero attached hydrogens (tertiary/aromatic N) is 1. The number of rotatable bonds is 0. The van der Waals surface area contributed by atoms with Crippen LogP contribution in [0.2, 0.25) is 0 Å². The first kappa shape index (κ1) is 5.69. The van der Waals surface area contributed by atoms with Crippen LogP contribution in [0.1, 0.15) is 0 Å². The van der Waals surface area contributed by atoms with Crippen molar-refractivity contribution in [1.82, 2.24) is 0 Å². The Morgan fingerprint density at radius 3 is 2.88 bits per heavy atom. The lowest BCUT2D eigenvalue weighted by molar-refractivity contribution is -0.542. The molecule has 0 bridgehead atoms. The molecule has 1 aliphatic heterocycles. The van der Waals surface area contributed by atoms with Crippen LogP contribution in [0.25, 0.3) is 0 Å². The highest BCUT2D eigenvalue weighted by atomic mass is 79.9. The van der Waals surface area contributed by atoms with Crippen LogP contribution in [-0.4, -0.2) is 11.2 Å². The first-order valence-corrected chi connectivity index (χ1v) is 3.09. The fraction of sp³-hybridized carbons (Fsp3) is 0.200. The minimum atomic E-state index is 0.663. The molecule has 0 aromatic rings. The van der Waals surface area contributed by atoms with Gasteiger partial charge in [-0.15, -0.1) is 0 Å². The second kappa shape index (κ2) is 2.22. The third kappa shape index (κ3) is 1.26. The Balaban J connectivity index is 2.73. The third-order valence-electron chi connectivity index (χ3n) is 0.864. The van der Waals surface area contributed by atoms with E-state index in [0.717, 1.165) is 4.48 Å². The van der Waals surface area contributed by atoms with E-state index in [2.05, 4.69) is 15.9 Å². The van der Waals surface area contributed by atoms with E-state index in [-0.39, 0.29) is 0 Å². The molecule has 1 aliphatic rings. The molecule has 0 spiro atoms. The second-order valence-corrected chi connectivity index (χ2v) is 2.60. The van der Waals surface area contributed by atoms with E-state index < -0.39 is 0 Å². The number of hydrogen-bond donors (Lipinski definition) is 1. The molecule has 0 saturated carbocycles. The zero-order chi connectivity index (χ0) is 5.98. The van der Waals surface area contributed by atoms with Crippen molar-refractivity contribution in [3.63, 3.8) is 0 Å². The molecule has 3 heteroatoms. The average Bonchev–Trinajstić information content (AvgIpc) is 1.64. The maximum Gasteiger partial charge on any atom is 0.205 e. The van der Waals surface area contributed by atoms with Crippen LogP contribution in [0.5, 0.6) is 0 Å². The van der Waals surface area contributed by atoms with Gasteiger partial charge < -0.3 is 0 Å². The smallest absolute Gasteiger partial charge is 0.0937 e. The van der Waals surface area contributed by atoms with Gasteiger partial charge in [-0.3, -0.25) is 0 Å². The highest BCUT2D eigenvalue weighted by molar-refractivity contribution is 9.11. The molecule has 0 saturated heterocycles. The van der Waals surface area contributed by atoms with Gasteiger partial charge in [0.2, 0.25) is 6.54 Å². The molecule has 0 radical (unpaired) electrons. The van der Waals surface area contributed by atoms with E-state index in [0.29, 0.717) is 6.54 Å². The number of halogens is 1. The lowest BCUT2D eigenvalue weighted by Gasteiger charge is -1.93. The second-order valence-electron chi connectivity index (χ2n) is 1.58. The highest BCUT2D eigenvalue weighted by Crippen LogP contribution is 2.08. The number of nitrogens with one attached hydrogen (secondary N) is 1. The van der Waals surface area contributed by atoms with Crippen molar-refractivity contribution in [2.45, 2.75) is 0 Å². The Morgan fingerprint density at radius 1 is 1.75 bits per heavy atom. The van der Waals surface area contributed by atoms with Crippen molar-refractivity contribution in [3.05, 3.63) is 22.8 Å². The van der Waals surface area contributed by atoms with Gasteiger partial charge in [0, 0.05) is 6.08 Å². The zero-order valence-electron chi connectivity index (χ0n) is 4.26. The first-order valence-electron chi connectivity index (χ1n) is 2.30. The lowest BCUT2D eigenvalue weighted by atomic mass is 10.4. The molecular formula is C5H6BrN2+. The van der Waals surface area contributed by atoms with Gasteiger partial charge in [-0.1, -0.05) is 10.2 Å². The largest absolute Gasteiger partial charge is 0.205 e. The van der Waals surface area contributed by atoms with Crippen LogP contribution in [-0.2, 0) is 0 Å². The van der Waals surface area contributed by atoms with Gasteiger partial charge in [0.05, 0.1) is 4.48 Å². The predicted molar refractivity (Wildman–Crippen MR) is 34.0 cm³/mol. The van der Waals surface area contributed by atoms with Crippen LogP contribution >= 0.6 is 15.9 Å². The Bertz CT molecular complexity index is 169. The van der Waals surface area contributed by atoms with E-state index in [9.17, 15) is 0 Å². The summed E-state index contributed by atoms with van der Waals surface area (Å²) in [5.74, 6) is 0. The molecule has 1 heterocycles. The Kier molecular flexibility index (Phi) is 1.58. The summed E-state index contributed by atoms with van der Waals surface area (Å²) in [6, 6.07) is 0. The minimum absolute atomic E-state index is 0.663.